The number of benzene rings is 2. The number of ether oxygens (including phenoxy) is 1. The fourth-order valence-electron chi connectivity index (χ4n) is 2.34. The van der Waals surface area contributed by atoms with E-state index >= 15 is 0 Å². The van der Waals surface area contributed by atoms with Crippen molar-refractivity contribution in [2.45, 2.75) is 10.3 Å². The number of rotatable bonds is 3. The van der Waals surface area contributed by atoms with Crippen molar-refractivity contribution in [1.82, 2.24) is 0 Å². The molecule has 1 aliphatic rings. The van der Waals surface area contributed by atoms with Crippen molar-refractivity contribution < 1.29 is 14.7 Å². The Morgan fingerprint density at radius 1 is 1.36 bits per heavy atom. The smallest absolute Gasteiger partial charge is 0.248 e. The van der Waals surface area contributed by atoms with Crippen LogP contribution in [-0.4, -0.2) is 18.2 Å². The van der Waals surface area contributed by atoms with Crippen molar-refractivity contribution in [2.24, 2.45) is 5.73 Å². The number of anilines is 1. The highest BCUT2D eigenvalue weighted by Crippen LogP contribution is 2.52. The van der Waals surface area contributed by atoms with Gasteiger partial charge in [0.2, 0.25) is 5.91 Å². The molecule has 3 N–H and O–H groups in total. The summed E-state index contributed by atoms with van der Waals surface area (Å²) in [5.41, 5.74) is 7.06. The Labute approximate surface area is 136 Å². The summed E-state index contributed by atoms with van der Waals surface area (Å²) >= 11 is 7.45. The van der Waals surface area contributed by atoms with E-state index in [2.05, 4.69) is 0 Å². The van der Waals surface area contributed by atoms with E-state index in [0.29, 0.717) is 22.0 Å². The van der Waals surface area contributed by atoms with E-state index in [0.717, 1.165) is 15.5 Å². The average Bonchev–Trinajstić information content (AvgIpc) is 2.83. The molecule has 0 fully saturated rings. The third-order valence-corrected chi connectivity index (χ3v) is 4.90. The second-order valence-electron chi connectivity index (χ2n) is 4.75. The molecule has 1 atom stereocenters. The maximum absolute atomic E-state index is 11.3. The minimum atomic E-state index is -0.503. The zero-order valence-electron chi connectivity index (χ0n) is 11.6. The first-order valence-corrected chi connectivity index (χ1v) is 7.69. The van der Waals surface area contributed by atoms with Crippen molar-refractivity contribution in [3.05, 3.63) is 52.5 Å². The lowest BCUT2D eigenvalue weighted by Crippen LogP contribution is -2.18. The molecular weight excluding hydrogens is 324 g/mol. The van der Waals surface area contributed by atoms with Crippen LogP contribution in [0.4, 0.5) is 5.69 Å². The van der Waals surface area contributed by atoms with Gasteiger partial charge in [-0.25, -0.2) is 5.06 Å². The van der Waals surface area contributed by atoms with E-state index in [4.69, 9.17) is 22.1 Å². The number of thioether (sulfide) groups is 1. The number of methoxy groups -OCH3 is 1. The Morgan fingerprint density at radius 2 is 2.14 bits per heavy atom. The molecule has 3 rings (SSSR count). The average molecular weight is 337 g/mol. The van der Waals surface area contributed by atoms with Crippen molar-refractivity contribution in [2.75, 3.05) is 12.2 Å². The maximum Gasteiger partial charge on any atom is 0.248 e. The van der Waals surface area contributed by atoms with Gasteiger partial charge in [0.1, 0.15) is 11.1 Å². The molecule has 0 radical (unpaired) electrons. The normalized spacial score (nSPS) is 16.5. The predicted octanol–water partition coefficient (Wildman–Crippen LogP) is 3.45. The third-order valence-electron chi connectivity index (χ3n) is 3.41. The molecule has 0 spiro atoms. The van der Waals surface area contributed by atoms with Crippen LogP contribution in [0.2, 0.25) is 5.02 Å². The summed E-state index contributed by atoms with van der Waals surface area (Å²) < 4.78 is 5.34. The number of nitrogens with zero attached hydrogens (tertiary/aromatic N) is 1. The van der Waals surface area contributed by atoms with Crippen LogP contribution in [0.15, 0.2) is 41.3 Å². The second kappa shape index (κ2) is 5.72. The van der Waals surface area contributed by atoms with Crippen molar-refractivity contribution in [1.29, 1.82) is 0 Å². The minimum absolute atomic E-state index is 0.401. The van der Waals surface area contributed by atoms with Gasteiger partial charge < -0.3 is 10.5 Å². The zero-order valence-corrected chi connectivity index (χ0v) is 13.2. The van der Waals surface area contributed by atoms with Crippen LogP contribution >= 0.6 is 23.4 Å². The molecule has 114 valence electrons. The fraction of sp³-hybridized carbons (Fsp3) is 0.133. The number of hydrogen-bond donors (Lipinski definition) is 2. The topological polar surface area (TPSA) is 75.8 Å². The molecule has 2 aromatic carbocycles. The third kappa shape index (κ3) is 2.49. The molecule has 1 aliphatic heterocycles. The number of nitrogens with two attached hydrogens (primary N) is 1. The van der Waals surface area contributed by atoms with Gasteiger partial charge >= 0.3 is 0 Å². The first-order chi connectivity index (χ1) is 10.5. The Bertz CT molecular complexity index is 754. The molecular formula is C15H13ClN2O3S. The monoisotopic (exact) mass is 336 g/mol. The van der Waals surface area contributed by atoms with E-state index in [-0.39, 0.29) is 0 Å². The number of hydroxylamine groups is 1. The van der Waals surface area contributed by atoms with Crippen LogP contribution in [0, 0.1) is 0 Å². The summed E-state index contributed by atoms with van der Waals surface area (Å²) in [4.78, 5) is 12.0. The van der Waals surface area contributed by atoms with E-state index in [1.807, 2.05) is 0 Å². The van der Waals surface area contributed by atoms with Gasteiger partial charge in [-0.15, -0.1) is 0 Å². The molecule has 2 aromatic rings. The van der Waals surface area contributed by atoms with Crippen LogP contribution < -0.4 is 15.5 Å². The van der Waals surface area contributed by atoms with Gasteiger partial charge in [-0.2, -0.15) is 0 Å². The Hall–Kier alpha value is -1.89. The van der Waals surface area contributed by atoms with Gasteiger partial charge in [0.15, 0.2) is 0 Å². The zero-order chi connectivity index (χ0) is 15.9. The Kier molecular flexibility index (Phi) is 3.90. The first-order valence-electron chi connectivity index (χ1n) is 6.43. The lowest BCUT2D eigenvalue weighted by molar-refractivity contribution is 0.1000. The molecule has 0 saturated heterocycles. The number of amides is 1. The highest BCUT2D eigenvalue weighted by atomic mass is 35.5. The summed E-state index contributed by atoms with van der Waals surface area (Å²) in [6.45, 7) is 0. The molecule has 22 heavy (non-hydrogen) atoms. The van der Waals surface area contributed by atoms with E-state index in [1.165, 1.54) is 11.8 Å². The highest BCUT2D eigenvalue weighted by Gasteiger charge is 2.33. The summed E-state index contributed by atoms with van der Waals surface area (Å²) in [5.74, 6) is 0.126. The largest absolute Gasteiger partial charge is 0.496 e. The van der Waals surface area contributed by atoms with Crippen LogP contribution in [0.3, 0.4) is 0 Å². The quantitative estimate of drug-likeness (QED) is 0.897. The number of hydrogen-bond acceptors (Lipinski definition) is 5. The van der Waals surface area contributed by atoms with Gasteiger partial charge in [0.05, 0.1) is 12.8 Å². The predicted molar refractivity (Wildman–Crippen MR) is 85.8 cm³/mol. The van der Waals surface area contributed by atoms with Gasteiger partial charge in [-0.3, -0.25) is 10.0 Å². The van der Waals surface area contributed by atoms with Crippen molar-refractivity contribution in [3.63, 3.8) is 0 Å². The number of carbonyl (C=O) groups excluding carboxylic acids is 1. The number of carbonyl (C=O) groups is 1. The van der Waals surface area contributed by atoms with Crippen LogP contribution in [0.5, 0.6) is 5.75 Å². The SMILES string of the molecule is COc1ccc(Cl)cc1C1Sc2cc(C(N)=O)ccc2N1O. The van der Waals surface area contributed by atoms with Crippen LogP contribution in [-0.2, 0) is 0 Å². The standard InChI is InChI=1S/C15H13ClN2O3S/c1-21-12-5-3-9(16)7-10(12)15-18(20)11-4-2-8(14(17)19)6-13(11)22-15/h2-7,15,20H,1H3,(H2,17,19). The molecule has 5 nitrogen and oxygen atoms in total. The summed E-state index contributed by atoms with van der Waals surface area (Å²) in [7, 11) is 1.56. The van der Waals surface area contributed by atoms with Gasteiger partial charge in [0.25, 0.3) is 0 Å². The first kappa shape index (κ1) is 15.0. The number of primary amides is 1. The molecule has 0 aromatic heterocycles. The van der Waals surface area contributed by atoms with Crippen LogP contribution in [0.1, 0.15) is 21.3 Å². The highest BCUT2D eigenvalue weighted by molar-refractivity contribution is 8.00. The molecule has 0 aliphatic carbocycles. The molecule has 1 heterocycles. The van der Waals surface area contributed by atoms with Crippen molar-refractivity contribution in [3.8, 4) is 5.75 Å². The maximum atomic E-state index is 11.3. The fourth-order valence-corrected chi connectivity index (χ4v) is 3.76. The molecule has 0 bridgehead atoms. The van der Waals surface area contributed by atoms with Crippen molar-refractivity contribution >= 4 is 35.0 Å². The molecule has 0 saturated carbocycles. The summed E-state index contributed by atoms with van der Waals surface area (Å²) in [6, 6.07) is 10.2. The molecule has 1 amide bonds. The Morgan fingerprint density at radius 3 is 2.82 bits per heavy atom. The Balaban J connectivity index is 2.02. The number of fused-ring (bicyclic) bond motifs is 1. The summed E-state index contributed by atoms with van der Waals surface area (Å²) in [6.07, 6.45) is 0. The van der Waals surface area contributed by atoms with Gasteiger partial charge in [-0.1, -0.05) is 23.4 Å². The van der Waals surface area contributed by atoms with E-state index < -0.39 is 11.3 Å². The second-order valence-corrected chi connectivity index (χ2v) is 6.31. The lowest BCUT2D eigenvalue weighted by atomic mass is 10.1. The molecule has 7 heteroatoms. The van der Waals surface area contributed by atoms with E-state index in [9.17, 15) is 10.0 Å². The number of halogens is 1. The molecule has 1 unspecified atom stereocenters. The summed E-state index contributed by atoms with van der Waals surface area (Å²) in [5, 5.41) is 11.7. The van der Waals surface area contributed by atoms with E-state index in [1.54, 1.807) is 43.5 Å². The van der Waals surface area contributed by atoms with Gasteiger partial charge in [-0.05, 0) is 36.4 Å². The van der Waals surface area contributed by atoms with Crippen LogP contribution in [0.25, 0.3) is 0 Å². The van der Waals surface area contributed by atoms with Gasteiger partial charge in [0, 0.05) is 21.0 Å². The minimum Gasteiger partial charge on any atom is -0.496 e. The lowest BCUT2D eigenvalue weighted by Gasteiger charge is -2.21.